The van der Waals surface area contributed by atoms with E-state index < -0.39 is 10.0 Å². The van der Waals surface area contributed by atoms with E-state index in [1.165, 1.54) is 4.31 Å². The molecular weight excluding hydrogens is 510 g/mol. The second kappa shape index (κ2) is 10.3. The lowest BCUT2D eigenvalue weighted by Crippen LogP contribution is -2.50. The van der Waals surface area contributed by atoms with Crippen molar-refractivity contribution in [2.45, 2.75) is 25.2 Å². The molecule has 0 N–H and O–H groups in total. The van der Waals surface area contributed by atoms with Gasteiger partial charge in [-0.3, -0.25) is 9.10 Å². The van der Waals surface area contributed by atoms with E-state index in [2.05, 4.69) is 11.8 Å². The summed E-state index contributed by atoms with van der Waals surface area (Å²) in [7, 11) is -3.68. The molecule has 9 heteroatoms. The molecule has 37 heavy (non-hydrogen) atoms. The first-order valence-corrected chi connectivity index (χ1v) is 14.2. The van der Waals surface area contributed by atoms with Crippen LogP contribution in [0.4, 0.5) is 11.4 Å². The van der Waals surface area contributed by atoms with E-state index in [4.69, 9.17) is 16.3 Å². The minimum absolute atomic E-state index is 0.0905. The molecule has 0 unspecified atom stereocenters. The van der Waals surface area contributed by atoms with Crippen LogP contribution in [0.15, 0.2) is 65.6 Å². The molecular formula is C28H30ClN3O4S. The van der Waals surface area contributed by atoms with Crippen molar-refractivity contribution in [1.82, 2.24) is 4.90 Å². The van der Waals surface area contributed by atoms with E-state index in [1.807, 2.05) is 42.5 Å². The van der Waals surface area contributed by atoms with Crippen LogP contribution in [0.1, 0.15) is 16.7 Å². The third kappa shape index (κ3) is 5.13. The largest absolute Gasteiger partial charge is 0.483 e. The van der Waals surface area contributed by atoms with Crippen LogP contribution in [0.5, 0.6) is 5.75 Å². The van der Waals surface area contributed by atoms with Crippen molar-refractivity contribution < 1.29 is 17.9 Å². The number of hydrogen-bond donors (Lipinski definition) is 0. The molecule has 2 heterocycles. The standard InChI is InChI=1S/C28H30ClN3O4S/c1-20-7-8-23(29)18-26(20)30-13-15-31(16-14-30)28(33)19-36-27-10-9-24(17-21(27)2)37(34,35)32-12-11-22-5-3-4-6-25(22)32/h3-10,17-18H,11-16,19H2,1-2H3. The van der Waals surface area contributed by atoms with E-state index in [0.29, 0.717) is 42.4 Å². The van der Waals surface area contributed by atoms with Crippen molar-refractivity contribution in [3.8, 4) is 5.75 Å². The number of fused-ring (bicyclic) bond motifs is 1. The second-order valence-corrected chi connectivity index (χ2v) is 11.8. The summed E-state index contributed by atoms with van der Waals surface area (Å²) in [6.45, 7) is 6.82. The van der Waals surface area contributed by atoms with Gasteiger partial charge in [-0.05, 0) is 73.4 Å². The number of anilines is 2. The third-order valence-corrected chi connectivity index (χ3v) is 9.12. The number of ether oxygens (including phenoxy) is 1. The van der Waals surface area contributed by atoms with Crippen molar-refractivity contribution in [2.75, 3.05) is 48.5 Å². The molecule has 2 aliphatic heterocycles. The zero-order valence-electron chi connectivity index (χ0n) is 21.0. The van der Waals surface area contributed by atoms with Gasteiger partial charge in [-0.15, -0.1) is 0 Å². The van der Waals surface area contributed by atoms with E-state index >= 15 is 0 Å². The number of amides is 1. The van der Waals surface area contributed by atoms with E-state index in [1.54, 1.807) is 30.0 Å². The molecule has 0 bridgehead atoms. The highest BCUT2D eigenvalue weighted by Gasteiger charge is 2.31. The predicted molar refractivity (Wildman–Crippen MR) is 146 cm³/mol. The maximum atomic E-state index is 13.3. The Hall–Kier alpha value is -3.23. The van der Waals surface area contributed by atoms with Crippen molar-refractivity contribution in [2.24, 2.45) is 0 Å². The molecule has 2 aliphatic rings. The van der Waals surface area contributed by atoms with Gasteiger partial charge in [-0.25, -0.2) is 8.42 Å². The van der Waals surface area contributed by atoms with Crippen LogP contribution in [0.25, 0.3) is 0 Å². The van der Waals surface area contributed by atoms with Gasteiger partial charge in [0.15, 0.2) is 6.61 Å². The molecule has 0 saturated carbocycles. The highest BCUT2D eigenvalue weighted by Crippen LogP contribution is 2.34. The molecule has 0 radical (unpaired) electrons. The highest BCUT2D eigenvalue weighted by atomic mass is 35.5. The fourth-order valence-corrected chi connectivity index (χ4v) is 6.74. The van der Waals surface area contributed by atoms with Gasteiger partial charge in [-0.2, -0.15) is 0 Å². The lowest BCUT2D eigenvalue weighted by atomic mass is 10.1. The molecule has 1 amide bonds. The number of piperazine rings is 1. The normalized spacial score (nSPS) is 15.6. The van der Waals surface area contributed by atoms with Gasteiger partial charge in [0.2, 0.25) is 0 Å². The zero-order valence-corrected chi connectivity index (χ0v) is 22.6. The molecule has 194 valence electrons. The van der Waals surface area contributed by atoms with Crippen LogP contribution in [0.2, 0.25) is 5.02 Å². The molecule has 3 aromatic rings. The SMILES string of the molecule is Cc1cc(S(=O)(=O)N2CCc3ccccc32)ccc1OCC(=O)N1CCN(c2cc(Cl)ccc2C)CC1. The molecule has 5 rings (SSSR count). The van der Waals surface area contributed by atoms with Crippen molar-refractivity contribution in [3.63, 3.8) is 0 Å². The Morgan fingerprint density at radius 1 is 0.892 bits per heavy atom. The predicted octanol–water partition coefficient (Wildman–Crippen LogP) is 4.44. The monoisotopic (exact) mass is 539 g/mol. The molecule has 3 aromatic carbocycles. The molecule has 0 aliphatic carbocycles. The smallest absolute Gasteiger partial charge is 0.264 e. The van der Waals surface area contributed by atoms with E-state index in [-0.39, 0.29) is 17.4 Å². The first-order chi connectivity index (χ1) is 17.7. The van der Waals surface area contributed by atoms with E-state index in [9.17, 15) is 13.2 Å². The summed E-state index contributed by atoms with van der Waals surface area (Å²) in [6.07, 6.45) is 0.699. The average Bonchev–Trinajstić information content (AvgIpc) is 3.34. The number of carbonyl (C=O) groups is 1. The molecule has 0 aromatic heterocycles. The second-order valence-electron chi connectivity index (χ2n) is 9.47. The number of rotatable bonds is 6. The number of halogens is 1. The Labute approximate surface area is 223 Å². The van der Waals surface area contributed by atoms with Crippen molar-refractivity contribution in [1.29, 1.82) is 0 Å². The van der Waals surface area contributed by atoms with Crippen molar-refractivity contribution in [3.05, 3.63) is 82.4 Å². The van der Waals surface area contributed by atoms with Crippen LogP contribution in [-0.4, -0.2) is 58.6 Å². The van der Waals surface area contributed by atoms with Gasteiger partial charge in [0.05, 0.1) is 10.6 Å². The highest BCUT2D eigenvalue weighted by molar-refractivity contribution is 7.92. The minimum atomic E-state index is -3.68. The zero-order chi connectivity index (χ0) is 26.2. The van der Waals surface area contributed by atoms with Gasteiger partial charge >= 0.3 is 0 Å². The first-order valence-electron chi connectivity index (χ1n) is 12.4. The molecule has 0 atom stereocenters. The van der Waals surface area contributed by atoms with Crippen LogP contribution >= 0.6 is 11.6 Å². The number of hydrogen-bond acceptors (Lipinski definition) is 5. The Balaban J connectivity index is 1.19. The number of aryl methyl sites for hydroxylation is 2. The van der Waals surface area contributed by atoms with Crippen molar-refractivity contribution >= 4 is 38.9 Å². The van der Waals surface area contributed by atoms with Gasteiger partial charge in [0, 0.05) is 43.4 Å². The van der Waals surface area contributed by atoms with Crippen LogP contribution in [0, 0.1) is 13.8 Å². The van der Waals surface area contributed by atoms with Crippen LogP contribution in [-0.2, 0) is 21.2 Å². The Morgan fingerprint density at radius 2 is 1.65 bits per heavy atom. The summed E-state index contributed by atoms with van der Waals surface area (Å²) in [5, 5.41) is 0.701. The number of carbonyl (C=O) groups excluding carboxylic acids is 1. The fourth-order valence-electron chi connectivity index (χ4n) is 4.98. The molecule has 1 saturated heterocycles. The third-order valence-electron chi connectivity index (χ3n) is 7.07. The van der Waals surface area contributed by atoms with Gasteiger partial charge in [0.1, 0.15) is 5.75 Å². The fraction of sp³-hybridized carbons (Fsp3) is 0.321. The van der Waals surface area contributed by atoms with Gasteiger partial charge in [-0.1, -0.05) is 35.9 Å². The Morgan fingerprint density at radius 3 is 2.41 bits per heavy atom. The summed E-state index contributed by atoms with van der Waals surface area (Å²) < 4.78 is 33.9. The summed E-state index contributed by atoms with van der Waals surface area (Å²) in [5.41, 5.74) is 4.69. The maximum absolute atomic E-state index is 13.3. The first kappa shape index (κ1) is 25.4. The summed E-state index contributed by atoms with van der Waals surface area (Å²) in [5.74, 6) is 0.412. The summed E-state index contributed by atoms with van der Waals surface area (Å²) in [6, 6.07) is 18.2. The molecule has 7 nitrogen and oxygen atoms in total. The average molecular weight is 540 g/mol. The Kier molecular flexibility index (Phi) is 7.05. The quantitative estimate of drug-likeness (QED) is 0.463. The summed E-state index contributed by atoms with van der Waals surface area (Å²) in [4.78, 5) is 17.1. The van der Waals surface area contributed by atoms with Gasteiger partial charge in [0.25, 0.3) is 15.9 Å². The molecule has 1 fully saturated rings. The number of para-hydroxylation sites is 1. The number of sulfonamides is 1. The topological polar surface area (TPSA) is 70.2 Å². The minimum Gasteiger partial charge on any atom is -0.483 e. The lowest BCUT2D eigenvalue weighted by molar-refractivity contribution is -0.133. The van der Waals surface area contributed by atoms with Crippen LogP contribution < -0.4 is 13.9 Å². The number of benzene rings is 3. The van der Waals surface area contributed by atoms with E-state index in [0.717, 1.165) is 35.6 Å². The van der Waals surface area contributed by atoms with Crippen LogP contribution in [0.3, 0.4) is 0 Å². The Bertz CT molecular complexity index is 1440. The summed E-state index contributed by atoms with van der Waals surface area (Å²) >= 11 is 6.17. The van der Waals surface area contributed by atoms with Gasteiger partial charge < -0.3 is 14.5 Å². The maximum Gasteiger partial charge on any atom is 0.264 e. The lowest BCUT2D eigenvalue weighted by Gasteiger charge is -2.36. The number of nitrogens with zero attached hydrogens (tertiary/aromatic N) is 3. The molecule has 0 spiro atoms.